The Bertz CT molecular complexity index is 1070. The summed E-state index contributed by atoms with van der Waals surface area (Å²) in [5.41, 5.74) is 1.64. The molecule has 0 bridgehead atoms. The fourth-order valence-electron chi connectivity index (χ4n) is 2.76. The highest BCUT2D eigenvalue weighted by Crippen LogP contribution is 2.24. The number of para-hydroxylation sites is 1. The molecule has 0 fully saturated rings. The molecule has 144 valence electrons. The van der Waals surface area contributed by atoms with E-state index in [4.69, 9.17) is 0 Å². The van der Waals surface area contributed by atoms with Crippen LogP contribution in [-0.4, -0.2) is 20.9 Å². The zero-order valence-electron chi connectivity index (χ0n) is 15.2. The number of nitrogens with one attached hydrogen (secondary N) is 1. The predicted molar refractivity (Wildman–Crippen MR) is 115 cm³/mol. The zero-order chi connectivity index (χ0) is 20.1. The fraction of sp³-hybridized carbons (Fsp3) is 0.0952. The summed E-state index contributed by atoms with van der Waals surface area (Å²) in [5, 5.41) is 2.77. The predicted octanol–water partition coefficient (Wildman–Crippen LogP) is 4.92. The smallest absolute Gasteiger partial charge is 0.264 e. The van der Waals surface area contributed by atoms with Crippen LogP contribution < -0.4 is 9.62 Å². The maximum atomic E-state index is 13.0. The van der Waals surface area contributed by atoms with Crippen molar-refractivity contribution in [1.29, 1.82) is 0 Å². The quantitative estimate of drug-likeness (QED) is 0.569. The number of halogens is 1. The van der Waals surface area contributed by atoms with E-state index in [-0.39, 0.29) is 10.8 Å². The lowest BCUT2D eigenvalue weighted by molar-refractivity contribution is 0.102. The minimum atomic E-state index is -3.69. The molecule has 28 heavy (non-hydrogen) atoms. The van der Waals surface area contributed by atoms with E-state index in [1.165, 1.54) is 16.4 Å². The first-order chi connectivity index (χ1) is 13.4. The normalized spacial score (nSPS) is 11.1. The minimum absolute atomic E-state index is 0.165. The third-order valence-electron chi connectivity index (χ3n) is 4.12. The van der Waals surface area contributed by atoms with Gasteiger partial charge in [-0.1, -0.05) is 40.2 Å². The first-order valence-corrected chi connectivity index (χ1v) is 10.9. The molecule has 1 N–H and O–H groups in total. The highest BCUT2D eigenvalue weighted by atomic mass is 79.9. The molecule has 0 aliphatic heterocycles. The topological polar surface area (TPSA) is 66.5 Å². The van der Waals surface area contributed by atoms with Crippen LogP contribution in [0.2, 0.25) is 0 Å². The van der Waals surface area contributed by atoms with Gasteiger partial charge in [0.2, 0.25) is 0 Å². The van der Waals surface area contributed by atoms with E-state index in [2.05, 4.69) is 21.2 Å². The van der Waals surface area contributed by atoms with Gasteiger partial charge in [-0.25, -0.2) is 8.42 Å². The van der Waals surface area contributed by atoms with Crippen LogP contribution in [0.3, 0.4) is 0 Å². The van der Waals surface area contributed by atoms with Gasteiger partial charge < -0.3 is 5.32 Å². The Hall–Kier alpha value is -2.64. The molecule has 1 amide bonds. The molecule has 0 aliphatic rings. The molecule has 0 aliphatic carbocycles. The molecule has 0 heterocycles. The Labute approximate surface area is 173 Å². The number of carbonyl (C=O) groups is 1. The molecule has 3 aromatic carbocycles. The first-order valence-electron chi connectivity index (χ1n) is 8.66. The summed E-state index contributed by atoms with van der Waals surface area (Å²) in [6.07, 6.45) is 0. The van der Waals surface area contributed by atoms with Crippen LogP contribution in [0.1, 0.15) is 17.3 Å². The number of carbonyl (C=O) groups excluding carboxylic acids is 1. The summed E-state index contributed by atoms with van der Waals surface area (Å²) in [5.74, 6) is -0.267. The van der Waals surface area contributed by atoms with Crippen LogP contribution in [-0.2, 0) is 10.0 Å². The maximum absolute atomic E-state index is 13.0. The number of sulfonamides is 1. The van der Waals surface area contributed by atoms with Crippen molar-refractivity contribution in [1.82, 2.24) is 0 Å². The van der Waals surface area contributed by atoms with Gasteiger partial charge in [0.25, 0.3) is 15.9 Å². The largest absolute Gasteiger partial charge is 0.322 e. The van der Waals surface area contributed by atoms with Gasteiger partial charge in [-0.05, 0) is 61.5 Å². The molecule has 3 rings (SSSR count). The second-order valence-electron chi connectivity index (χ2n) is 5.99. The highest BCUT2D eigenvalue weighted by molar-refractivity contribution is 9.10. The molecule has 0 unspecified atom stereocenters. The number of rotatable bonds is 6. The molecule has 0 saturated carbocycles. The van der Waals surface area contributed by atoms with E-state index in [0.29, 0.717) is 23.5 Å². The van der Waals surface area contributed by atoms with Crippen molar-refractivity contribution in [3.63, 3.8) is 0 Å². The summed E-state index contributed by atoms with van der Waals surface area (Å²) < 4.78 is 28.1. The van der Waals surface area contributed by atoms with Crippen molar-refractivity contribution < 1.29 is 13.2 Å². The average Bonchev–Trinajstić information content (AvgIpc) is 2.69. The number of benzene rings is 3. The lowest BCUT2D eigenvalue weighted by Crippen LogP contribution is -2.30. The van der Waals surface area contributed by atoms with Gasteiger partial charge in [0, 0.05) is 22.3 Å². The lowest BCUT2D eigenvalue weighted by Gasteiger charge is -2.23. The van der Waals surface area contributed by atoms with Crippen molar-refractivity contribution in [2.45, 2.75) is 11.8 Å². The number of anilines is 2. The van der Waals surface area contributed by atoms with E-state index in [0.717, 1.165) is 4.47 Å². The molecular weight excluding hydrogens is 440 g/mol. The van der Waals surface area contributed by atoms with Crippen LogP contribution in [0.5, 0.6) is 0 Å². The Morgan fingerprint density at radius 3 is 2.25 bits per heavy atom. The van der Waals surface area contributed by atoms with E-state index < -0.39 is 10.0 Å². The van der Waals surface area contributed by atoms with Crippen molar-refractivity contribution in [2.24, 2.45) is 0 Å². The highest BCUT2D eigenvalue weighted by Gasteiger charge is 2.23. The molecule has 0 radical (unpaired) electrons. The van der Waals surface area contributed by atoms with Gasteiger partial charge in [0.1, 0.15) is 0 Å². The Balaban J connectivity index is 1.80. The number of nitrogens with zero attached hydrogens (tertiary/aromatic N) is 1. The van der Waals surface area contributed by atoms with Crippen LogP contribution >= 0.6 is 15.9 Å². The second-order valence-corrected chi connectivity index (χ2v) is 8.77. The fourth-order valence-corrected chi connectivity index (χ4v) is 4.63. The van der Waals surface area contributed by atoms with Gasteiger partial charge in [-0.2, -0.15) is 0 Å². The van der Waals surface area contributed by atoms with Crippen LogP contribution in [0.25, 0.3) is 0 Å². The summed E-state index contributed by atoms with van der Waals surface area (Å²) in [7, 11) is -3.69. The molecule has 7 heteroatoms. The van der Waals surface area contributed by atoms with Crippen molar-refractivity contribution in [3.8, 4) is 0 Å². The number of hydrogen-bond donors (Lipinski definition) is 1. The van der Waals surface area contributed by atoms with Crippen molar-refractivity contribution in [3.05, 3.63) is 88.9 Å². The van der Waals surface area contributed by atoms with Gasteiger partial charge in [-0.15, -0.1) is 0 Å². The van der Waals surface area contributed by atoms with Gasteiger partial charge in [0.15, 0.2) is 0 Å². The molecule has 0 atom stereocenters. The molecular formula is C21H19BrN2O3S. The minimum Gasteiger partial charge on any atom is -0.322 e. The van der Waals surface area contributed by atoms with Crippen molar-refractivity contribution >= 4 is 43.2 Å². The SMILES string of the molecule is CCN(c1ccccc1)S(=O)(=O)c1ccc(NC(=O)c2cccc(Br)c2)cc1. The van der Waals surface area contributed by atoms with Crippen molar-refractivity contribution in [2.75, 3.05) is 16.2 Å². The lowest BCUT2D eigenvalue weighted by atomic mass is 10.2. The summed E-state index contributed by atoms with van der Waals surface area (Å²) >= 11 is 3.34. The van der Waals surface area contributed by atoms with Crippen LogP contribution in [0, 0.1) is 0 Å². The number of hydrogen-bond acceptors (Lipinski definition) is 3. The maximum Gasteiger partial charge on any atom is 0.264 e. The standard InChI is InChI=1S/C21H19BrN2O3S/c1-2-24(19-9-4-3-5-10-19)28(26,27)20-13-11-18(12-14-20)23-21(25)16-7-6-8-17(22)15-16/h3-15H,2H2,1H3,(H,23,25). The van der Waals surface area contributed by atoms with Crippen LogP contribution in [0.15, 0.2) is 88.2 Å². The number of amides is 1. The zero-order valence-corrected chi connectivity index (χ0v) is 17.6. The Morgan fingerprint density at radius 2 is 1.64 bits per heavy atom. The third-order valence-corrected chi connectivity index (χ3v) is 6.53. The van der Waals surface area contributed by atoms with E-state index in [1.807, 2.05) is 12.1 Å². The van der Waals surface area contributed by atoms with E-state index in [1.54, 1.807) is 61.5 Å². The summed E-state index contributed by atoms with van der Waals surface area (Å²) in [6.45, 7) is 2.10. The first kappa shape index (κ1) is 20.1. The molecule has 0 aromatic heterocycles. The Morgan fingerprint density at radius 1 is 0.964 bits per heavy atom. The van der Waals surface area contributed by atoms with E-state index >= 15 is 0 Å². The molecule has 5 nitrogen and oxygen atoms in total. The average molecular weight is 459 g/mol. The van der Waals surface area contributed by atoms with Gasteiger partial charge in [-0.3, -0.25) is 9.10 Å². The van der Waals surface area contributed by atoms with Gasteiger partial charge in [0.05, 0.1) is 10.6 Å². The monoisotopic (exact) mass is 458 g/mol. The Kier molecular flexibility index (Phi) is 6.16. The third kappa shape index (κ3) is 4.43. The summed E-state index contributed by atoms with van der Waals surface area (Å²) in [6, 6.07) is 22.2. The molecule has 0 saturated heterocycles. The summed E-state index contributed by atoms with van der Waals surface area (Å²) in [4.78, 5) is 12.5. The molecule has 3 aromatic rings. The second kappa shape index (κ2) is 8.58. The van der Waals surface area contributed by atoms with Gasteiger partial charge >= 0.3 is 0 Å². The van der Waals surface area contributed by atoms with E-state index in [9.17, 15) is 13.2 Å². The van der Waals surface area contributed by atoms with Crippen LogP contribution in [0.4, 0.5) is 11.4 Å². The molecule has 0 spiro atoms.